The molecule has 0 saturated heterocycles. The Morgan fingerprint density at radius 3 is 2.11 bits per heavy atom. The van der Waals surface area contributed by atoms with E-state index in [9.17, 15) is 8.96 Å². The molecule has 0 N–H and O–H groups in total. The second-order valence-corrected chi connectivity index (χ2v) is 6.00. The lowest BCUT2D eigenvalue weighted by Gasteiger charge is -2.14. The van der Waals surface area contributed by atoms with E-state index in [0.717, 1.165) is 12.8 Å². The van der Waals surface area contributed by atoms with E-state index < -0.39 is 13.2 Å². The fourth-order valence-corrected chi connectivity index (χ4v) is 2.94. The number of unbranched alkanes of at least 4 members (excludes halogenated alkanes) is 5. The van der Waals surface area contributed by atoms with E-state index in [4.69, 9.17) is 9.05 Å². The van der Waals surface area contributed by atoms with Crippen LogP contribution in [0.3, 0.4) is 0 Å². The van der Waals surface area contributed by atoms with E-state index in [1.165, 1.54) is 25.3 Å². The van der Waals surface area contributed by atoms with Crippen LogP contribution in [0.1, 0.15) is 59.3 Å². The van der Waals surface area contributed by atoms with Gasteiger partial charge in [0.1, 0.15) is 0 Å². The molecule has 0 atom stereocenters. The maximum Gasteiger partial charge on any atom is 0.389 e. The lowest BCUT2D eigenvalue weighted by Crippen LogP contribution is -1.96. The molecule has 0 aromatic rings. The quantitative estimate of drug-likeness (QED) is 0.374. The topological polar surface area (TPSA) is 35.5 Å². The summed E-state index contributed by atoms with van der Waals surface area (Å²) in [5, 5.41) is 0. The molecular weight excluding hydrogens is 254 g/mol. The molecule has 0 aliphatic rings. The van der Waals surface area contributed by atoms with Crippen LogP contribution in [-0.2, 0) is 13.6 Å². The highest BCUT2D eigenvalue weighted by Gasteiger charge is 2.29. The van der Waals surface area contributed by atoms with Gasteiger partial charge in [-0.1, -0.05) is 32.6 Å². The predicted octanol–water partition coefficient (Wildman–Crippen LogP) is 5.42. The minimum Gasteiger partial charge on any atom is -0.304 e. The summed E-state index contributed by atoms with van der Waals surface area (Å²) in [6.45, 7) is 5.84. The summed E-state index contributed by atoms with van der Waals surface area (Å²) in [6.07, 6.45) is 7.48. The van der Waals surface area contributed by atoms with Crippen molar-refractivity contribution >= 4 is 7.60 Å². The molecule has 18 heavy (non-hydrogen) atoms. The van der Waals surface area contributed by atoms with Gasteiger partial charge in [-0.05, 0) is 32.8 Å². The summed E-state index contributed by atoms with van der Waals surface area (Å²) in [7, 11) is -3.68. The summed E-state index contributed by atoms with van der Waals surface area (Å²) < 4.78 is 35.6. The molecule has 0 fully saturated rings. The summed E-state index contributed by atoms with van der Waals surface area (Å²) in [5.41, 5.74) is -0.748. The monoisotopic (exact) mass is 280 g/mol. The van der Waals surface area contributed by atoms with Gasteiger partial charge in [0.2, 0.25) is 5.57 Å². The molecule has 0 aliphatic heterocycles. The Hall–Kier alpha value is -0.180. The van der Waals surface area contributed by atoms with Crippen LogP contribution >= 0.6 is 7.60 Å². The Labute approximate surface area is 110 Å². The predicted molar refractivity (Wildman–Crippen MR) is 73.4 cm³/mol. The van der Waals surface area contributed by atoms with Crippen LogP contribution in [0, 0.1) is 0 Å². The molecule has 3 nitrogen and oxygen atoms in total. The van der Waals surface area contributed by atoms with E-state index in [0.29, 0.717) is 6.42 Å². The van der Waals surface area contributed by atoms with Gasteiger partial charge in [-0.25, -0.2) is 0 Å². The molecule has 0 aromatic heterocycles. The van der Waals surface area contributed by atoms with Crippen LogP contribution in [0.15, 0.2) is 11.6 Å². The molecular formula is C13H26FO3P. The van der Waals surface area contributed by atoms with Crippen molar-refractivity contribution in [2.45, 2.75) is 59.3 Å². The van der Waals surface area contributed by atoms with E-state index in [-0.39, 0.29) is 13.2 Å². The van der Waals surface area contributed by atoms with Crippen molar-refractivity contribution in [1.82, 2.24) is 0 Å². The Bertz CT molecular complexity index is 269. The van der Waals surface area contributed by atoms with Crippen molar-refractivity contribution < 1.29 is 18.0 Å². The molecule has 0 amide bonds. The highest BCUT2D eigenvalue weighted by molar-refractivity contribution is 7.58. The molecule has 5 heteroatoms. The zero-order valence-corrected chi connectivity index (χ0v) is 12.7. The van der Waals surface area contributed by atoms with Gasteiger partial charge in [0, 0.05) is 0 Å². The molecule has 0 radical (unpaired) electrons. The first-order valence-electron chi connectivity index (χ1n) is 6.86. The number of hydrogen-bond donors (Lipinski definition) is 0. The SMILES string of the molecule is CCCCCCC/C=C(/F)P(=O)(OCC)OCC. The molecule has 108 valence electrons. The van der Waals surface area contributed by atoms with Crippen LogP contribution in [0.5, 0.6) is 0 Å². The first-order chi connectivity index (χ1) is 8.60. The van der Waals surface area contributed by atoms with Crippen molar-refractivity contribution in [2.75, 3.05) is 13.2 Å². The number of halogens is 1. The van der Waals surface area contributed by atoms with Gasteiger partial charge in [-0.15, -0.1) is 0 Å². The first-order valence-corrected chi connectivity index (χ1v) is 8.40. The maximum absolute atomic E-state index is 13.7. The lowest BCUT2D eigenvalue weighted by molar-refractivity contribution is 0.220. The van der Waals surface area contributed by atoms with Crippen molar-refractivity contribution in [2.24, 2.45) is 0 Å². The van der Waals surface area contributed by atoms with Crippen LogP contribution in [0.25, 0.3) is 0 Å². The number of allylic oxidation sites excluding steroid dienone is 1. The Morgan fingerprint density at radius 1 is 1.06 bits per heavy atom. The second kappa shape index (κ2) is 10.7. The van der Waals surface area contributed by atoms with Crippen LogP contribution in [0.2, 0.25) is 0 Å². The van der Waals surface area contributed by atoms with Gasteiger partial charge in [0.25, 0.3) is 0 Å². The fraction of sp³-hybridized carbons (Fsp3) is 0.846. The first kappa shape index (κ1) is 17.8. The zero-order valence-electron chi connectivity index (χ0n) is 11.8. The van der Waals surface area contributed by atoms with Gasteiger partial charge in [-0.2, -0.15) is 4.39 Å². The maximum atomic E-state index is 13.7. The van der Waals surface area contributed by atoms with Gasteiger partial charge >= 0.3 is 7.60 Å². The van der Waals surface area contributed by atoms with E-state index in [1.807, 2.05) is 0 Å². The van der Waals surface area contributed by atoms with Gasteiger partial charge in [0.15, 0.2) is 0 Å². The molecule has 0 unspecified atom stereocenters. The minimum absolute atomic E-state index is 0.176. The minimum atomic E-state index is -3.68. The van der Waals surface area contributed by atoms with Crippen LogP contribution in [0.4, 0.5) is 4.39 Å². The van der Waals surface area contributed by atoms with Crippen LogP contribution < -0.4 is 0 Å². The second-order valence-electron chi connectivity index (χ2n) is 4.06. The summed E-state index contributed by atoms with van der Waals surface area (Å²) in [4.78, 5) is 0. The Balaban J connectivity index is 4.14. The Morgan fingerprint density at radius 2 is 1.61 bits per heavy atom. The summed E-state index contributed by atoms with van der Waals surface area (Å²) in [5.74, 6) is 0. The third kappa shape index (κ3) is 7.30. The third-order valence-corrected chi connectivity index (χ3v) is 4.38. The van der Waals surface area contributed by atoms with Gasteiger partial charge in [0.05, 0.1) is 13.2 Å². The number of rotatable bonds is 11. The molecule has 0 aromatic carbocycles. The third-order valence-electron chi connectivity index (χ3n) is 2.48. The largest absolute Gasteiger partial charge is 0.389 e. The lowest BCUT2D eigenvalue weighted by atomic mass is 10.1. The highest BCUT2D eigenvalue weighted by Crippen LogP contribution is 2.56. The van der Waals surface area contributed by atoms with E-state index >= 15 is 0 Å². The molecule has 0 bridgehead atoms. The van der Waals surface area contributed by atoms with Gasteiger partial charge in [-0.3, -0.25) is 4.57 Å². The highest BCUT2D eigenvalue weighted by atomic mass is 31.2. The normalized spacial score (nSPS) is 13.0. The average molecular weight is 280 g/mol. The smallest absolute Gasteiger partial charge is 0.304 e. The van der Waals surface area contributed by atoms with Crippen molar-refractivity contribution in [3.8, 4) is 0 Å². The summed E-state index contributed by atoms with van der Waals surface area (Å²) in [6, 6.07) is 0. The van der Waals surface area contributed by atoms with Gasteiger partial charge < -0.3 is 9.05 Å². The fourth-order valence-electron chi connectivity index (χ4n) is 1.58. The Kier molecular flexibility index (Phi) is 10.6. The van der Waals surface area contributed by atoms with Crippen molar-refractivity contribution in [3.63, 3.8) is 0 Å². The van der Waals surface area contributed by atoms with E-state index in [1.54, 1.807) is 13.8 Å². The molecule has 0 rings (SSSR count). The van der Waals surface area contributed by atoms with Crippen molar-refractivity contribution in [1.29, 1.82) is 0 Å². The molecule has 0 saturated carbocycles. The van der Waals surface area contributed by atoms with Crippen molar-refractivity contribution in [3.05, 3.63) is 11.6 Å². The number of hydrogen-bond acceptors (Lipinski definition) is 3. The molecule has 0 aliphatic carbocycles. The standard InChI is InChI=1S/C13H26FO3P/c1-4-7-8-9-10-11-12-13(14)18(15,16-5-2)17-6-3/h12H,4-11H2,1-3H3/b13-12-. The average Bonchev–Trinajstić information content (AvgIpc) is 2.34. The molecule has 0 heterocycles. The zero-order chi connectivity index (χ0) is 13.9. The molecule has 0 spiro atoms. The van der Waals surface area contributed by atoms with Crippen LogP contribution in [-0.4, -0.2) is 13.2 Å². The summed E-state index contributed by atoms with van der Waals surface area (Å²) >= 11 is 0. The van der Waals surface area contributed by atoms with E-state index in [2.05, 4.69) is 6.92 Å².